The van der Waals surface area contributed by atoms with Crippen LogP contribution in [0.1, 0.15) is 23.4 Å². The van der Waals surface area contributed by atoms with Gasteiger partial charge < -0.3 is 5.73 Å². The molecule has 0 aliphatic heterocycles. The SMILES string of the molecule is Cc1sccc1-c1ccc(C(C)N)c(Cl)c1. The van der Waals surface area contributed by atoms with Gasteiger partial charge in [-0.25, -0.2) is 0 Å². The Labute approximate surface area is 105 Å². The van der Waals surface area contributed by atoms with Gasteiger partial charge in [-0.05, 0) is 48.1 Å². The maximum absolute atomic E-state index is 6.22. The van der Waals surface area contributed by atoms with Crippen molar-refractivity contribution in [1.82, 2.24) is 0 Å². The summed E-state index contributed by atoms with van der Waals surface area (Å²) in [5.41, 5.74) is 9.24. The van der Waals surface area contributed by atoms with Crippen LogP contribution in [0.25, 0.3) is 11.1 Å². The van der Waals surface area contributed by atoms with Crippen LogP contribution in [-0.4, -0.2) is 0 Å². The van der Waals surface area contributed by atoms with Crippen LogP contribution in [0.4, 0.5) is 0 Å². The molecule has 0 saturated heterocycles. The highest BCUT2D eigenvalue weighted by atomic mass is 35.5. The van der Waals surface area contributed by atoms with E-state index in [1.807, 2.05) is 19.1 Å². The van der Waals surface area contributed by atoms with E-state index in [1.165, 1.54) is 10.4 Å². The van der Waals surface area contributed by atoms with Crippen molar-refractivity contribution in [1.29, 1.82) is 0 Å². The monoisotopic (exact) mass is 251 g/mol. The van der Waals surface area contributed by atoms with E-state index in [0.717, 1.165) is 16.1 Å². The Balaban J connectivity index is 2.46. The Morgan fingerprint density at radius 1 is 1.31 bits per heavy atom. The van der Waals surface area contributed by atoms with Crippen molar-refractivity contribution in [3.8, 4) is 11.1 Å². The number of hydrogen-bond donors (Lipinski definition) is 1. The largest absolute Gasteiger partial charge is 0.324 e. The van der Waals surface area contributed by atoms with E-state index < -0.39 is 0 Å². The predicted octanol–water partition coefficient (Wildman–Crippen LogP) is 4.40. The normalized spacial score (nSPS) is 12.8. The van der Waals surface area contributed by atoms with Gasteiger partial charge >= 0.3 is 0 Å². The fourth-order valence-corrected chi connectivity index (χ4v) is 2.82. The number of rotatable bonds is 2. The Morgan fingerprint density at radius 3 is 2.56 bits per heavy atom. The average Bonchev–Trinajstić information content (AvgIpc) is 2.63. The Bertz CT molecular complexity index is 502. The molecule has 0 bridgehead atoms. The topological polar surface area (TPSA) is 26.0 Å². The van der Waals surface area contributed by atoms with Gasteiger partial charge in [0, 0.05) is 15.9 Å². The maximum Gasteiger partial charge on any atom is 0.0459 e. The molecule has 0 aliphatic rings. The number of benzene rings is 1. The van der Waals surface area contributed by atoms with Crippen molar-refractivity contribution in [2.75, 3.05) is 0 Å². The summed E-state index contributed by atoms with van der Waals surface area (Å²) >= 11 is 7.96. The lowest BCUT2D eigenvalue weighted by atomic mass is 10.0. The van der Waals surface area contributed by atoms with Gasteiger partial charge in [-0.2, -0.15) is 0 Å². The van der Waals surface area contributed by atoms with E-state index in [-0.39, 0.29) is 6.04 Å². The highest BCUT2D eigenvalue weighted by Gasteiger charge is 2.08. The first-order valence-electron chi connectivity index (χ1n) is 5.19. The van der Waals surface area contributed by atoms with E-state index >= 15 is 0 Å². The summed E-state index contributed by atoms with van der Waals surface area (Å²) in [5, 5.41) is 2.84. The van der Waals surface area contributed by atoms with Crippen molar-refractivity contribution in [3.63, 3.8) is 0 Å². The third kappa shape index (κ3) is 2.14. The van der Waals surface area contributed by atoms with Gasteiger partial charge in [0.15, 0.2) is 0 Å². The van der Waals surface area contributed by atoms with Gasteiger partial charge in [0.1, 0.15) is 0 Å². The third-order valence-electron chi connectivity index (χ3n) is 2.66. The molecule has 0 spiro atoms. The zero-order chi connectivity index (χ0) is 11.7. The molecule has 1 unspecified atom stereocenters. The van der Waals surface area contributed by atoms with E-state index in [4.69, 9.17) is 17.3 Å². The molecule has 1 heterocycles. The zero-order valence-electron chi connectivity index (χ0n) is 9.33. The molecule has 2 N–H and O–H groups in total. The van der Waals surface area contributed by atoms with Crippen LogP contribution in [0.15, 0.2) is 29.6 Å². The van der Waals surface area contributed by atoms with Gasteiger partial charge in [0.2, 0.25) is 0 Å². The first kappa shape index (κ1) is 11.6. The quantitative estimate of drug-likeness (QED) is 0.841. The molecule has 1 atom stereocenters. The molecule has 0 saturated carbocycles. The fourth-order valence-electron chi connectivity index (χ4n) is 1.75. The van der Waals surface area contributed by atoms with Crippen LogP contribution >= 0.6 is 22.9 Å². The summed E-state index contributed by atoms with van der Waals surface area (Å²) in [7, 11) is 0. The van der Waals surface area contributed by atoms with Gasteiger partial charge in [0.25, 0.3) is 0 Å². The first-order chi connectivity index (χ1) is 7.59. The summed E-state index contributed by atoms with van der Waals surface area (Å²) in [6, 6.07) is 8.19. The lowest BCUT2D eigenvalue weighted by Crippen LogP contribution is -2.05. The number of hydrogen-bond acceptors (Lipinski definition) is 2. The Morgan fingerprint density at radius 2 is 2.06 bits per heavy atom. The highest BCUT2D eigenvalue weighted by molar-refractivity contribution is 7.10. The van der Waals surface area contributed by atoms with Crippen LogP contribution in [0.2, 0.25) is 5.02 Å². The van der Waals surface area contributed by atoms with E-state index in [9.17, 15) is 0 Å². The minimum atomic E-state index is -0.0230. The van der Waals surface area contributed by atoms with Crippen molar-refractivity contribution >= 4 is 22.9 Å². The molecule has 1 nitrogen and oxygen atoms in total. The second-order valence-electron chi connectivity index (χ2n) is 3.92. The summed E-state index contributed by atoms with van der Waals surface area (Å²) < 4.78 is 0. The molecule has 2 rings (SSSR count). The van der Waals surface area contributed by atoms with Gasteiger partial charge in [0.05, 0.1) is 0 Å². The summed E-state index contributed by atoms with van der Waals surface area (Å²) in [5.74, 6) is 0. The molecular weight excluding hydrogens is 238 g/mol. The number of nitrogens with two attached hydrogens (primary N) is 1. The third-order valence-corrected chi connectivity index (χ3v) is 3.83. The maximum atomic E-state index is 6.22. The average molecular weight is 252 g/mol. The lowest BCUT2D eigenvalue weighted by Gasteiger charge is -2.10. The molecule has 16 heavy (non-hydrogen) atoms. The second kappa shape index (κ2) is 4.58. The second-order valence-corrected chi connectivity index (χ2v) is 5.44. The fraction of sp³-hybridized carbons (Fsp3) is 0.231. The van der Waals surface area contributed by atoms with Crippen LogP contribution in [0, 0.1) is 6.92 Å². The van der Waals surface area contributed by atoms with Crippen LogP contribution < -0.4 is 5.73 Å². The van der Waals surface area contributed by atoms with Crippen LogP contribution in [0.3, 0.4) is 0 Å². The van der Waals surface area contributed by atoms with Crippen LogP contribution in [-0.2, 0) is 0 Å². The smallest absolute Gasteiger partial charge is 0.0459 e. The molecule has 1 aromatic heterocycles. The van der Waals surface area contributed by atoms with Gasteiger partial charge in [-0.1, -0.05) is 23.7 Å². The van der Waals surface area contributed by atoms with E-state index in [1.54, 1.807) is 11.3 Å². The first-order valence-corrected chi connectivity index (χ1v) is 6.45. The molecule has 84 valence electrons. The summed E-state index contributed by atoms with van der Waals surface area (Å²) in [6.07, 6.45) is 0. The van der Waals surface area contributed by atoms with E-state index in [2.05, 4.69) is 24.4 Å². The summed E-state index contributed by atoms with van der Waals surface area (Å²) in [6.45, 7) is 4.06. The number of halogens is 1. The molecule has 3 heteroatoms. The molecule has 2 aromatic rings. The molecular formula is C13H14ClNS. The minimum Gasteiger partial charge on any atom is -0.324 e. The van der Waals surface area contributed by atoms with Gasteiger partial charge in [-0.15, -0.1) is 11.3 Å². The number of thiophene rings is 1. The standard InChI is InChI=1S/C13H14ClNS/c1-8(15)11-4-3-10(7-13(11)14)12-5-6-16-9(12)2/h3-8H,15H2,1-2H3. The van der Waals surface area contributed by atoms with Crippen molar-refractivity contribution < 1.29 is 0 Å². The minimum absolute atomic E-state index is 0.0230. The molecule has 1 aromatic carbocycles. The van der Waals surface area contributed by atoms with Gasteiger partial charge in [-0.3, -0.25) is 0 Å². The van der Waals surface area contributed by atoms with E-state index in [0.29, 0.717) is 0 Å². The number of aryl methyl sites for hydroxylation is 1. The molecule has 0 fully saturated rings. The zero-order valence-corrected chi connectivity index (χ0v) is 10.9. The van der Waals surface area contributed by atoms with Crippen molar-refractivity contribution in [3.05, 3.63) is 45.1 Å². The predicted molar refractivity (Wildman–Crippen MR) is 72.1 cm³/mol. The Kier molecular flexibility index (Phi) is 3.33. The summed E-state index contributed by atoms with van der Waals surface area (Å²) in [4.78, 5) is 1.31. The lowest BCUT2D eigenvalue weighted by molar-refractivity contribution is 0.819. The van der Waals surface area contributed by atoms with Crippen molar-refractivity contribution in [2.24, 2.45) is 5.73 Å². The highest BCUT2D eigenvalue weighted by Crippen LogP contribution is 2.31. The molecule has 0 amide bonds. The van der Waals surface area contributed by atoms with Crippen LogP contribution in [0.5, 0.6) is 0 Å². The van der Waals surface area contributed by atoms with Crippen molar-refractivity contribution in [2.45, 2.75) is 19.9 Å². The molecule has 0 aliphatic carbocycles. The molecule has 0 radical (unpaired) electrons. The Hall–Kier alpha value is -0.830.